The molecule has 8 nitrogen and oxygen atoms in total. The summed E-state index contributed by atoms with van der Waals surface area (Å²) in [6.07, 6.45) is 1.78. The van der Waals surface area contributed by atoms with Gasteiger partial charge in [-0.2, -0.15) is 0 Å². The average molecular weight is 577 g/mol. The summed E-state index contributed by atoms with van der Waals surface area (Å²) in [7, 11) is 0. The van der Waals surface area contributed by atoms with Crippen molar-refractivity contribution in [2.75, 3.05) is 44.4 Å². The van der Waals surface area contributed by atoms with E-state index in [2.05, 4.69) is 0 Å². The molecule has 2 aliphatic heterocycles. The van der Waals surface area contributed by atoms with Gasteiger partial charge >= 0.3 is 0 Å². The normalized spacial score (nSPS) is 16.4. The molecule has 3 aromatic rings. The van der Waals surface area contributed by atoms with Gasteiger partial charge in [0.1, 0.15) is 11.5 Å². The number of rotatable bonds is 9. The monoisotopic (exact) mass is 576 g/mol. The Labute approximate surface area is 242 Å². The van der Waals surface area contributed by atoms with Crippen LogP contribution in [0.2, 0.25) is 0 Å². The van der Waals surface area contributed by atoms with Crippen molar-refractivity contribution in [3.05, 3.63) is 83.3 Å². The van der Waals surface area contributed by atoms with Crippen molar-refractivity contribution >= 4 is 51.9 Å². The molecule has 40 heavy (non-hydrogen) atoms. The molecule has 10 heteroatoms. The molecule has 2 fully saturated rings. The van der Waals surface area contributed by atoms with E-state index in [1.165, 1.54) is 16.7 Å². The summed E-state index contributed by atoms with van der Waals surface area (Å²) >= 11 is 6.78. The summed E-state index contributed by atoms with van der Waals surface area (Å²) in [5.41, 5.74) is 1.41. The predicted octanol–water partition coefficient (Wildman–Crippen LogP) is 5.52. The van der Waals surface area contributed by atoms with Gasteiger partial charge in [-0.3, -0.25) is 14.5 Å². The van der Waals surface area contributed by atoms with Gasteiger partial charge in [0.2, 0.25) is 0 Å². The van der Waals surface area contributed by atoms with Crippen molar-refractivity contribution in [3.8, 4) is 23.0 Å². The van der Waals surface area contributed by atoms with Crippen LogP contribution in [0.25, 0.3) is 6.08 Å². The number of carbonyl (C=O) groups excluding carboxylic acids is 2. The quantitative estimate of drug-likeness (QED) is 0.244. The molecule has 2 heterocycles. The Bertz CT molecular complexity index is 1410. The van der Waals surface area contributed by atoms with Crippen molar-refractivity contribution < 1.29 is 28.5 Å². The standard InChI is InChI=1S/C30H28N2O6S2/c1-2-36-26-18-21(8-13-25(26)37-20-28(33)31-14-16-35-17-15-31)19-27-29(34)32(30(39)40-27)22-9-11-24(12-10-22)38-23-6-4-3-5-7-23/h3-13,18-19H,2,14-17,20H2,1H3/b27-19-. The fraction of sp³-hybridized carbons (Fsp3) is 0.233. The summed E-state index contributed by atoms with van der Waals surface area (Å²) in [5, 5.41) is 0. The molecule has 0 aromatic heterocycles. The Morgan fingerprint density at radius 1 is 0.975 bits per heavy atom. The maximum atomic E-state index is 13.3. The van der Waals surface area contributed by atoms with Gasteiger partial charge in [-0.15, -0.1) is 0 Å². The van der Waals surface area contributed by atoms with Crippen LogP contribution in [0.1, 0.15) is 12.5 Å². The van der Waals surface area contributed by atoms with E-state index in [0.29, 0.717) is 65.1 Å². The lowest BCUT2D eigenvalue weighted by atomic mass is 10.1. The molecular formula is C30H28N2O6S2. The van der Waals surface area contributed by atoms with Crippen LogP contribution in [0.4, 0.5) is 5.69 Å². The fourth-order valence-electron chi connectivity index (χ4n) is 4.18. The van der Waals surface area contributed by atoms with Gasteiger partial charge in [0.25, 0.3) is 11.8 Å². The van der Waals surface area contributed by atoms with Crippen LogP contribution in [0.3, 0.4) is 0 Å². The highest BCUT2D eigenvalue weighted by atomic mass is 32.2. The zero-order valence-corrected chi connectivity index (χ0v) is 23.5. The maximum absolute atomic E-state index is 13.3. The van der Waals surface area contributed by atoms with E-state index in [1.807, 2.05) is 67.6 Å². The fourth-order valence-corrected chi connectivity index (χ4v) is 5.47. The minimum Gasteiger partial charge on any atom is -0.490 e. The topological polar surface area (TPSA) is 77.5 Å². The molecule has 3 aromatic carbocycles. The van der Waals surface area contributed by atoms with Crippen LogP contribution in [0.5, 0.6) is 23.0 Å². The van der Waals surface area contributed by atoms with E-state index >= 15 is 0 Å². The average Bonchev–Trinajstić information content (AvgIpc) is 3.26. The Morgan fingerprint density at radius 3 is 2.42 bits per heavy atom. The number of thioether (sulfide) groups is 1. The van der Waals surface area contributed by atoms with E-state index in [-0.39, 0.29) is 18.4 Å². The second kappa shape index (κ2) is 13.0. The summed E-state index contributed by atoms with van der Waals surface area (Å²) in [4.78, 5) is 29.5. The SMILES string of the molecule is CCOc1cc(/C=C2\SC(=S)N(c3ccc(Oc4ccccc4)cc3)C2=O)ccc1OCC(=O)N1CCOCC1. The Morgan fingerprint density at radius 2 is 1.70 bits per heavy atom. The lowest BCUT2D eigenvalue weighted by Crippen LogP contribution is -2.43. The number of morpholine rings is 1. The van der Waals surface area contributed by atoms with Gasteiger partial charge in [-0.25, -0.2) is 0 Å². The van der Waals surface area contributed by atoms with Crippen LogP contribution in [-0.2, 0) is 14.3 Å². The molecule has 0 spiro atoms. The number of hydrogen-bond donors (Lipinski definition) is 0. The van der Waals surface area contributed by atoms with Gasteiger partial charge in [0, 0.05) is 13.1 Å². The Hall–Kier alpha value is -3.86. The van der Waals surface area contributed by atoms with Crippen LogP contribution in [0, 0.1) is 0 Å². The Balaban J connectivity index is 1.27. The van der Waals surface area contributed by atoms with Crippen LogP contribution in [-0.4, -0.2) is 60.6 Å². The Kier molecular flexibility index (Phi) is 9.00. The highest BCUT2D eigenvalue weighted by Gasteiger charge is 2.33. The van der Waals surface area contributed by atoms with Gasteiger partial charge in [0.15, 0.2) is 22.4 Å². The number of ether oxygens (including phenoxy) is 4. The zero-order valence-electron chi connectivity index (χ0n) is 21.9. The summed E-state index contributed by atoms with van der Waals surface area (Å²) in [6, 6.07) is 22.1. The molecule has 0 aliphatic carbocycles. The highest BCUT2D eigenvalue weighted by molar-refractivity contribution is 8.27. The van der Waals surface area contributed by atoms with E-state index in [1.54, 1.807) is 23.1 Å². The molecule has 0 saturated carbocycles. The molecule has 206 valence electrons. The molecule has 2 amide bonds. The zero-order chi connectivity index (χ0) is 27.9. The molecule has 2 saturated heterocycles. The molecular weight excluding hydrogens is 548 g/mol. The first-order valence-electron chi connectivity index (χ1n) is 12.9. The minimum absolute atomic E-state index is 0.0900. The van der Waals surface area contributed by atoms with Crippen molar-refractivity contribution in [2.24, 2.45) is 0 Å². The number of anilines is 1. The van der Waals surface area contributed by atoms with Gasteiger partial charge in [0.05, 0.1) is 30.4 Å². The van der Waals surface area contributed by atoms with Crippen LogP contribution >= 0.6 is 24.0 Å². The second-order valence-corrected chi connectivity index (χ2v) is 10.5. The first-order chi connectivity index (χ1) is 19.5. The summed E-state index contributed by atoms with van der Waals surface area (Å²) < 4.78 is 23.2. The number of nitrogens with zero attached hydrogens (tertiary/aromatic N) is 2. The van der Waals surface area contributed by atoms with E-state index < -0.39 is 0 Å². The number of amides is 2. The van der Waals surface area contributed by atoms with Crippen LogP contribution < -0.4 is 19.1 Å². The van der Waals surface area contributed by atoms with Crippen LogP contribution in [0.15, 0.2) is 77.7 Å². The molecule has 0 atom stereocenters. The number of para-hydroxylation sites is 1. The third-order valence-electron chi connectivity index (χ3n) is 6.15. The van der Waals surface area contributed by atoms with Gasteiger partial charge in [-0.05, 0) is 67.1 Å². The predicted molar refractivity (Wildman–Crippen MR) is 159 cm³/mol. The highest BCUT2D eigenvalue weighted by Crippen LogP contribution is 2.38. The maximum Gasteiger partial charge on any atom is 0.270 e. The number of hydrogen-bond acceptors (Lipinski definition) is 8. The van der Waals surface area contributed by atoms with E-state index in [4.69, 9.17) is 31.2 Å². The second-order valence-electron chi connectivity index (χ2n) is 8.85. The van der Waals surface area contributed by atoms with Crippen molar-refractivity contribution in [3.63, 3.8) is 0 Å². The first-order valence-corrected chi connectivity index (χ1v) is 14.1. The largest absolute Gasteiger partial charge is 0.490 e. The van der Waals surface area contributed by atoms with E-state index in [9.17, 15) is 9.59 Å². The lowest BCUT2D eigenvalue weighted by molar-refractivity contribution is -0.137. The molecule has 0 bridgehead atoms. The molecule has 0 N–H and O–H groups in total. The summed E-state index contributed by atoms with van der Waals surface area (Å²) in [6.45, 7) is 4.38. The summed E-state index contributed by atoms with van der Waals surface area (Å²) in [5.74, 6) is 2.05. The molecule has 0 unspecified atom stereocenters. The van der Waals surface area contributed by atoms with Gasteiger partial charge < -0.3 is 23.8 Å². The first kappa shape index (κ1) is 27.7. The van der Waals surface area contributed by atoms with Crippen molar-refractivity contribution in [2.45, 2.75) is 6.92 Å². The number of thiocarbonyl (C=S) groups is 1. The third kappa shape index (κ3) is 6.64. The number of carbonyl (C=O) groups is 2. The third-order valence-corrected chi connectivity index (χ3v) is 7.45. The minimum atomic E-state index is -0.207. The molecule has 5 rings (SSSR count). The lowest BCUT2D eigenvalue weighted by Gasteiger charge is -2.26. The smallest absolute Gasteiger partial charge is 0.270 e. The van der Waals surface area contributed by atoms with E-state index in [0.717, 1.165) is 11.3 Å². The molecule has 2 aliphatic rings. The van der Waals surface area contributed by atoms with Gasteiger partial charge in [-0.1, -0.05) is 48.2 Å². The molecule has 0 radical (unpaired) electrons. The number of benzene rings is 3. The van der Waals surface area contributed by atoms with Crippen molar-refractivity contribution in [1.29, 1.82) is 0 Å². The van der Waals surface area contributed by atoms with Crippen molar-refractivity contribution in [1.82, 2.24) is 4.90 Å².